The molecule has 30 heavy (non-hydrogen) atoms. The zero-order chi connectivity index (χ0) is 22.1. The summed E-state index contributed by atoms with van der Waals surface area (Å²) < 4.78 is 64.4. The Kier molecular flexibility index (Phi) is 5.81. The minimum atomic E-state index is -4.56. The monoisotopic (exact) mass is 443 g/mol. The van der Waals surface area contributed by atoms with Crippen LogP contribution in [0.4, 0.5) is 18.9 Å². The van der Waals surface area contributed by atoms with E-state index in [4.69, 9.17) is 0 Å². The Bertz CT molecular complexity index is 1050. The number of carbonyl (C=O) groups excluding carboxylic acids is 1. The molecule has 2 aromatic carbocycles. The number of halogens is 3. The lowest BCUT2D eigenvalue weighted by molar-refractivity contribution is -0.384. The fraction of sp³-hybridized carbons (Fsp3) is 0.278. The largest absolute Gasteiger partial charge is 0.416 e. The SMILES string of the molecule is O=C(c1ccc([N+](=O)[O-])cc1)N1CCN(S(=O)(=O)c2ccc(C(F)(F)F)cc2)CC1. The predicted molar refractivity (Wildman–Crippen MR) is 99.2 cm³/mol. The quantitative estimate of drug-likeness (QED) is 0.534. The van der Waals surface area contributed by atoms with Crippen molar-refractivity contribution in [3.63, 3.8) is 0 Å². The number of nitro benzene ring substituents is 1. The number of sulfonamides is 1. The molecule has 0 radical (unpaired) electrons. The van der Waals surface area contributed by atoms with Crippen LogP contribution in [-0.4, -0.2) is 54.6 Å². The summed E-state index contributed by atoms with van der Waals surface area (Å²) in [4.78, 5) is 23.8. The third-order valence-corrected chi connectivity index (χ3v) is 6.58. The molecule has 1 aliphatic rings. The van der Waals surface area contributed by atoms with Gasteiger partial charge in [0, 0.05) is 43.9 Å². The fourth-order valence-corrected chi connectivity index (χ4v) is 4.43. The number of benzene rings is 2. The Morgan fingerprint density at radius 1 is 0.933 bits per heavy atom. The molecule has 1 saturated heterocycles. The van der Waals surface area contributed by atoms with Crippen molar-refractivity contribution in [2.75, 3.05) is 26.2 Å². The average Bonchev–Trinajstić information content (AvgIpc) is 2.73. The van der Waals surface area contributed by atoms with Gasteiger partial charge in [0.2, 0.25) is 10.0 Å². The first-order chi connectivity index (χ1) is 14.0. The van der Waals surface area contributed by atoms with E-state index in [0.717, 1.165) is 16.4 Å². The summed E-state index contributed by atoms with van der Waals surface area (Å²) in [6.45, 7) is 0.107. The minimum Gasteiger partial charge on any atom is -0.336 e. The third-order valence-electron chi connectivity index (χ3n) is 4.67. The molecular formula is C18H16F3N3O5S. The molecule has 0 atom stereocenters. The zero-order valence-electron chi connectivity index (χ0n) is 15.4. The molecule has 2 aromatic rings. The van der Waals surface area contributed by atoms with Crippen molar-refractivity contribution in [3.05, 3.63) is 69.8 Å². The number of carbonyl (C=O) groups is 1. The van der Waals surface area contributed by atoms with Crippen LogP contribution >= 0.6 is 0 Å². The maximum absolute atomic E-state index is 12.7. The Balaban J connectivity index is 1.66. The van der Waals surface area contributed by atoms with Crippen LogP contribution in [0.25, 0.3) is 0 Å². The van der Waals surface area contributed by atoms with Crippen LogP contribution in [0.1, 0.15) is 15.9 Å². The molecule has 1 fully saturated rings. The molecule has 0 N–H and O–H groups in total. The third kappa shape index (κ3) is 4.44. The molecule has 1 amide bonds. The molecule has 0 spiro atoms. The van der Waals surface area contributed by atoms with Crippen molar-refractivity contribution in [3.8, 4) is 0 Å². The van der Waals surface area contributed by atoms with Crippen LogP contribution in [0.15, 0.2) is 53.4 Å². The maximum atomic E-state index is 12.7. The lowest BCUT2D eigenvalue weighted by Crippen LogP contribution is -2.50. The van der Waals surface area contributed by atoms with Crippen molar-refractivity contribution >= 4 is 21.6 Å². The highest BCUT2D eigenvalue weighted by Gasteiger charge is 2.33. The van der Waals surface area contributed by atoms with Crippen molar-refractivity contribution in [2.24, 2.45) is 0 Å². The van der Waals surface area contributed by atoms with Crippen LogP contribution in [-0.2, 0) is 16.2 Å². The van der Waals surface area contributed by atoms with E-state index in [9.17, 15) is 36.5 Å². The first-order valence-corrected chi connectivity index (χ1v) is 10.2. The van der Waals surface area contributed by atoms with E-state index >= 15 is 0 Å². The minimum absolute atomic E-state index is 0.0257. The topological polar surface area (TPSA) is 101 Å². The first kappa shape index (κ1) is 21.7. The Labute approximate surface area is 169 Å². The first-order valence-electron chi connectivity index (χ1n) is 8.71. The lowest BCUT2D eigenvalue weighted by atomic mass is 10.1. The molecule has 0 aliphatic carbocycles. The fourth-order valence-electron chi connectivity index (χ4n) is 3.00. The molecule has 0 saturated carbocycles. The van der Waals surface area contributed by atoms with Gasteiger partial charge in [0.15, 0.2) is 0 Å². The van der Waals surface area contributed by atoms with Gasteiger partial charge in [-0.2, -0.15) is 17.5 Å². The normalized spacial score (nSPS) is 15.8. The van der Waals surface area contributed by atoms with Gasteiger partial charge in [-0.25, -0.2) is 8.42 Å². The zero-order valence-corrected chi connectivity index (χ0v) is 16.2. The van der Waals surface area contributed by atoms with Gasteiger partial charge in [0.1, 0.15) is 0 Å². The lowest BCUT2D eigenvalue weighted by Gasteiger charge is -2.34. The summed E-state index contributed by atoms with van der Waals surface area (Å²) in [5.74, 6) is -0.392. The van der Waals surface area contributed by atoms with E-state index in [1.54, 1.807) is 0 Å². The summed E-state index contributed by atoms with van der Waals surface area (Å²) in [6.07, 6.45) is -4.56. The van der Waals surface area contributed by atoms with Crippen molar-refractivity contribution in [1.82, 2.24) is 9.21 Å². The number of non-ortho nitro benzene ring substituents is 1. The maximum Gasteiger partial charge on any atom is 0.416 e. The second kappa shape index (κ2) is 8.03. The summed E-state index contributed by atoms with van der Waals surface area (Å²) >= 11 is 0. The molecule has 0 unspecified atom stereocenters. The van der Waals surface area contributed by atoms with Crippen LogP contribution < -0.4 is 0 Å². The van der Waals surface area contributed by atoms with Gasteiger partial charge in [-0.3, -0.25) is 14.9 Å². The molecule has 0 bridgehead atoms. The van der Waals surface area contributed by atoms with Crippen LogP contribution in [0.5, 0.6) is 0 Å². The second-order valence-electron chi connectivity index (χ2n) is 6.52. The van der Waals surface area contributed by atoms with Crippen LogP contribution in [0.2, 0.25) is 0 Å². The standard InChI is InChI=1S/C18H16F3N3O5S/c19-18(20,21)14-3-7-16(8-4-14)30(28,29)23-11-9-22(10-12-23)17(25)13-1-5-15(6-2-13)24(26)27/h1-8H,9-12H2. The van der Waals surface area contributed by atoms with Crippen LogP contribution in [0, 0.1) is 10.1 Å². The highest BCUT2D eigenvalue weighted by molar-refractivity contribution is 7.89. The second-order valence-corrected chi connectivity index (χ2v) is 8.46. The molecule has 12 heteroatoms. The van der Waals surface area contributed by atoms with Gasteiger partial charge in [-0.1, -0.05) is 0 Å². The van der Waals surface area contributed by atoms with E-state index in [2.05, 4.69) is 0 Å². The number of hydrogen-bond donors (Lipinski definition) is 0. The van der Waals surface area contributed by atoms with Crippen LogP contribution in [0.3, 0.4) is 0 Å². The Morgan fingerprint density at radius 3 is 1.93 bits per heavy atom. The van der Waals surface area contributed by atoms with E-state index in [-0.39, 0.29) is 42.3 Å². The summed E-state index contributed by atoms with van der Waals surface area (Å²) in [6, 6.07) is 8.30. The molecule has 0 aromatic heterocycles. The Morgan fingerprint density at radius 2 is 1.47 bits per heavy atom. The van der Waals surface area contributed by atoms with Gasteiger partial charge in [0.05, 0.1) is 15.4 Å². The van der Waals surface area contributed by atoms with Gasteiger partial charge >= 0.3 is 6.18 Å². The number of nitro groups is 1. The van der Waals surface area contributed by atoms with E-state index in [0.29, 0.717) is 12.1 Å². The highest BCUT2D eigenvalue weighted by Crippen LogP contribution is 2.30. The number of hydrogen-bond acceptors (Lipinski definition) is 5. The molecule has 1 aliphatic heterocycles. The van der Waals surface area contributed by atoms with Crippen molar-refractivity contribution < 1.29 is 31.3 Å². The average molecular weight is 443 g/mol. The van der Waals surface area contributed by atoms with Crippen molar-refractivity contribution in [1.29, 1.82) is 0 Å². The summed E-state index contributed by atoms with van der Waals surface area (Å²) in [5, 5.41) is 10.7. The number of amides is 1. The molecule has 160 valence electrons. The van der Waals surface area contributed by atoms with Gasteiger partial charge < -0.3 is 4.90 Å². The van der Waals surface area contributed by atoms with E-state index < -0.39 is 32.6 Å². The number of alkyl halides is 3. The molecule has 3 rings (SSSR count). The molecule has 1 heterocycles. The van der Waals surface area contributed by atoms with Crippen molar-refractivity contribution in [2.45, 2.75) is 11.1 Å². The summed E-state index contributed by atoms with van der Waals surface area (Å²) in [5.41, 5.74) is -0.862. The highest BCUT2D eigenvalue weighted by atomic mass is 32.2. The van der Waals surface area contributed by atoms with Gasteiger partial charge in [-0.05, 0) is 36.4 Å². The number of nitrogens with zero attached hydrogens (tertiary/aromatic N) is 3. The molecular weight excluding hydrogens is 427 g/mol. The van der Waals surface area contributed by atoms with E-state index in [1.807, 2.05) is 0 Å². The molecule has 8 nitrogen and oxygen atoms in total. The Hall–Kier alpha value is -2.99. The predicted octanol–water partition coefficient (Wildman–Crippen LogP) is 2.76. The number of rotatable bonds is 4. The smallest absolute Gasteiger partial charge is 0.336 e. The van der Waals surface area contributed by atoms with E-state index in [1.165, 1.54) is 29.2 Å². The summed E-state index contributed by atoms with van der Waals surface area (Å²) in [7, 11) is -4.00. The van der Waals surface area contributed by atoms with Gasteiger partial charge in [0.25, 0.3) is 11.6 Å². The van der Waals surface area contributed by atoms with Gasteiger partial charge in [-0.15, -0.1) is 0 Å². The number of piperazine rings is 1.